The van der Waals surface area contributed by atoms with Gasteiger partial charge in [0.15, 0.2) is 0 Å². The molecule has 0 radical (unpaired) electrons. The van der Waals surface area contributed by atoms with E-state index in [1.807, 2.05) is 43.3 Å². The Morgan fingerprint density at radius 2 is 1.63 bits per heavy atom. The number of carbonyl (C=O) groups excluding carboxylic acids is 2. The summed E-state index contributed by atoms with van der Waals surface area (Å²) < 4.78 is 0. The first-order valence-electron chi connectivity index (χ1n) is 9.98. The molecule has 30 heavy (non-hydrogen) atoms. The molecule has 3 N–H and O–H groups in total. The van der Waals surface area contributed by atoms with E-state index in [2.05, 4.69) is 13.8 Å². The summed E-state index contributed by atoms with van der Waals surface area (Å²) >= 11 is 0. The molecule has 6 heteroatoms. The van der Waals surface area contributed by atoms with Crippen LogP contribution in [-0.2, 0) is 9.59 Å². The van der Waals surface area contributed by atoms with E-state index in [-0.39, 0.29) is 17.9 Å². The van der Waals surface area contributed by atoms with Crippen LogP contribution in [0.5, 0.6) is 0 Å². The molecule has 2 unspecified atom stereocenters. The number of likely N-dealkylation sites (tertiary alicyclic amines) is 1. The van der Waals surface area contributed by atoms with E-state index in [4.69, 9.17) is 0 Å². The van der Waals surface area contributed by atoms with Gasteiger partial charge in [-0.15, -0.1) is 0 Å². The number of β-amino-alcohol motifs (C(OH)–C–C–N with tert-alkyl or cyclic N) is 1. The van der Waals surface area contributed by atoms with Crippen LogP contribution in [0.3, 0.4) is 0 Å². The van der Waals surface area contributed by atoms with Gasteiger partial charge in [-0.2, -0.15) is 0 Å². The van der Waals surface area contributed by atoms with E-state index in [9.17, 15) is 24.9 Å². The predicted octanol–water partition coefficient (Wildman–Crippen LogP) is 2.89. The molecular weight excluding hydrogens is 382 g/mol. The minimum Gasteiger partial charge on any atom is -0.507 e. The number of hydrogen-bond acceptors (Lipinski definition) is 5. The normalized spacial score (nSPS) is 19.5. The van der Waals surface area contributed by atoms with Crippen LogP contribution in [0.25, 0.3) is 5.76 Å². The van der Waals surface area contributed by atoms with E-state index in [0.29, 0.717) is 17.0 Å². The Morgan fingerprint density at radius 1 is 1.03 bits per heavy atom. The largest absolute Gasteiger partial charge is 0.507 e. The van der Waals surface area contributed by atoms with Crippen molar-refractivity contribution in [3.05, 3.63) is 76.4 Å². The van der Waals surface area contributed by atoms with Crippen molar-refractivity contribution in [3.8, 4) is 0 Å². The smallest absolute Gasteiger partial charge is 0.295 e. The Morgan fingerprint density at radius 3 is 2.17 bits per heavy atom. The standard InChI is InChI=1S/C24H27NO5/c1-14(2)16-8-10-17(11-9-16)21-20(22(28)18-6-4-15(3)5-7-18)23(29)24(30)25(21)12-19(27)13-26/h4-11,14,19,21,26-28H,12-13H2,1-3H3/b22-20+. The van der Waals surface area contributed by atoms with Crippen molar-refractivity contribution < 1.29 is 24.9 Å². The Kier molecular flexibility index (Phi) is 6.39. The fourth-order valence-corrected chi connectivity index (χ4v) is 3.63. The molecule has 2 atom stereocenters. The Labute approximate surface area is 176 Å². The van der Waals surface area contributed by atoms with Crippen molar-refractivity contribution in [1.82, 2.24) is 4.90 Å². The maximum absolute atomic E-state index is 12.9. The van der Waals surface area contributed by atoms with Crippen molar-refractivity contribution in [3.63, 3.8) is 0 Å². The molecule has 1 saturated heterocycles. The van der Waals surface area contributed by atoms with Crippen LogP contribution in [0.1, 0.15) is 48.1 Å². The molecule has 0 saturated carbocycles. The first-order valence-corrected chi connectivity index (χ1v) is 9.98. The Bertz CT molecular complexity index is 960. The molecular formula is C24H27NO5. The highest BCUT2D eigenvalue weighted by Crippen LogP contribution is 2.39. The van der Waals surface area contributed by atoms with E-state index >= 15 is 0 Å². The lowest BCUT2D eigenvalue weighted by molar-refractivity contribution is -0.141. The molecule has 1 heterocycles. The van der Waals surface area contributed by atoms with Crippen LogP contribution < -0.4 is 0 Å². The summed E-state index contributed by atoms with van der Waals surface area (Å²) in [5, 5.41) is 30.1. The second-order valence-corrected chi connectivity index (χ2v) is 7.98. The number of benzene rings is 2. The van der Waals surface area contributed by atoms with Gasteiger partial charge in [0.2, 0.25) is 0 Å². The monoisotopic (exact) mass is 409 g/mol. The summed E-state index contributed by atoms with van der Waals surface area (Å²) in [7, 11) is 0. The molecule has 1 aliphatic heterocycles. The zero-order valence-corrected chi connectivity index (χ0v) is 17.4. The first kappa shape index (κ1) is 21.7. The molecule has 0 aromatic heterocycles. The number of carbonyl (C=O) groups is 2. The fraction of sp³-hybridized carbons (Fsp3) is 0.333. The summed E-state index contributed by atoms with van der Waals surface area (Å²) in [6, 6.07) is 13.7. The van der Waals surface area contributed by atoms with Crippen LogP contribution in [0, 0.1) is 6.92 Å². The average Bonchev–Trinajstić information content (AvgIpc) is 2.98. The minimum atomic E-state index is -1.19. The number of nitrogens with zero attached hydrogens (tertiary/aromatic N) is 1. The molecule has 0 bridgehead atoms. The maximum Gasteiger partial charge on any atom is 0.295 e. The third kappa shape index (κ3) is 4.15. The molecule has 1 fully saturated rings. The number of aryl methyl sites for hydroxylation is 1. The van der Waals surface area contributed by atoms with Crippen molar-refractivity contribution >= 4 is 17.4 Å². The van der Waals surface area contributed by atoms with Gasteiger partial charge >= 0.3 is 0 Å². The van der Waals surface area contributed by atoms with Gasteiger partial charge < -0.3 is 20.2 Å². The van der Waals surface area contributed by atoms with Gasteiger partial charge in [-0.05, 0) is 24.0 Å². The number of aliphatic hydroxyl groups is 3. The van der Waals surface area contributed by atoms with Crippen molar-refractivity contribution in [2.75, 3.05) is 13.2 Å². The molecule has 2 aromatic rings. The second kappa shape index (κ2) is 8.81. The quantitative estimate of drug-likeness (QED) is 0.387. The number of hydrogen-bond donors (Lipinski definition) is 3. The van der Waals surface area contributed by atoms with E-state index < -0.39 is 30.4 Å². The predicted molar refractivity (Wildman–Crippen MR) is 114 cm³/mol. The van der Waals surface area contributed by atoms with Crippen LogP contribution in [0.4, 0.5) is 0 Å². The molecule has 158 valence electrons. The van der Waals surface area contributed by atoms with E-state index in [0.717, 1.165) is 11.1 Å². The molecule has 3 rings (SSSR count). The zero-order valence-electron chi connectivity index (χ0n) is 17.4. The number of amides is 1. The van der Waals surface area contributed by atoms with Crippen molar-refractivity contribution in [2.24, 2.45) is 0 Å². The first-order chi connectivity index (χ1) is 14.2. The fourth-order valence-electron chi connectivity index (χ4n) is 3.63. The molecule has 1 amide bonds. The highest BCUT2D eigenvalue weighted by atomic mass is 16.3. The van der Waals surface area contributed by atoms with Gasteiger partial charge in [0.05, 0.1) is 30.9 Å². The number of Topliss-reactive ketones (excluding diaryl/α,β-unsaturated/α-hetero) is 1. The zero-order chi connectivity index (χ0) is 22.0. The topological polar surface area (TPSA) is 98.1 Å². The van der Waals surface area contributed by atoms with E-state index in [1.54, 1.807) is 12.1 Å². The Balaban J connectivity index is 2.14. The molecule has 0 spiro atoms. The maximum atomic E-state index is 12.9. The van der Waals surface area contributed by atoms with Gasteiger partial charge in [-0.25, -0.2) is 0 Å². The van der Waals surface area contributed by atoms with Gasteiger partial charge in [-0.3, -0.25) is 9.59 Å². The van der Waals surface area contributed by atoms with Crippen molar-refractivity contribution in [1.29, 1.82) is 0 Å². The van der Waals surface area contributed by atoms with E-state index in [1.165, 1.54) is 4.90 Å². The summed E-state index contributed by atoms with van der Waals surface area (Å²) in [5.74, 6) is -1.56. The van der Waals surface area contributed by atoms with Gasteiger partial charge in [0.25, 0.3) is 11.7 Å². The SMILES string of the molecule is Cc1ccc(/C(O)=C2\C(=O)C(=O)N(CC(O)CO)C2c2ccc(C(C)C)cc2)cc1. The van der Waals surface area contributed by atoms with Crippen molar-refractivity contribution in [2.45, 2.75) is 38.8 Å². The number of ketones is 1. The average molecular weight is 409 g/mol. The lowest BCUT2D eigenvalue weighted by Gasteiger charge is -2.27. The molecule has 1 aliphatic rings. The summed E-state index contributed by atoms with van der Waals surface area (Å²) in [6.45, 7) is 5.28. The van der Waals surface area contributed by atoms with Gasteiger partial charge in [0, 0.05) is 5.56 Å². The highest BCUT2D eigenvalue weighted by Gasteiger charge is 2.46. The number of aliphatic hydroxyl groups excluding tert-OH is 3. The minimum absolute atomic E-state index is 0.0220. The van der Waals surface area contributed by atoms with Crippen LogP contribution in [0.15, 0.2) is 54.1 Å². The third-order valence-corrected chi connectivity index (χ3v) is 5.40. The lowest BCUT2D eigenvalue weighted by atomic mass is 9.93. The molecule has 0 aliphatic carbocycles. The van der Waals surface area contributed by atoms with Gasteiger partial charge in [-0.1, -0.05) is 67.9 Å². The lowest BCUT2D eigenvalue weighted by Crippen LogP contribution is -2.38. The summed E-state index contributed by atoms with van der Waals surface area (Å²) in [4.78, 5) is 26.8. The molecule has 6 nitrogen and oxygen atoms in total. The second-order valence-electron chi connectivity index (χ2n) is 7.98. The molecule has 2 aromatic carbocycles. The summed E-state index contributed by atoms with van der Waals surface area (Å²) in [5.41, 5.74) is 3.16. The van der Waals surface area contributed by atoms with Crippen LogP contribution >= 0.6 is 0 Å². The Hall–Kier alpha value is -2.96. The van der Waals surface area contributed by atoms with Gasteiger partial charge in [0.1, 0.15) is 5.76 Å². The third-order valence-electron chi connectivity index (χ3n) is 5.40. The van der Waals surface area contributed by atoms with Crippen LogP contribution in [-0.4, -0.2) is 51.2 Å². The summed E-state index contributed by atoms with van der Waals surface area (Å²) in [6.07, 6.45) is -1.19. The highest BCUT2D eigenvalue weighted by molar-refractivity contribution is 6.46. The van der Waals surface area contributed by atoms with Crippen LogP contribution in [0.2, 0.25) is 0 Å². The number of rotatable bonds is 6.